The van der Waals surface area contributed by atoms with Crippen LogP contribution < -0.4 is 0 Å². The Kier molecular flexibility index (Phi) is 0.951. The third kappa shape index (κ3) is 633. The van der Waals surface area contributed by atoms with Gasteiger partial charge in [-0.05, 0) is 0 Å². The van der Waals surface area contributed by atoms with Crippen LogP contribution in [0.5, 0.6) is 0 Å². The van der Waals surface area contributed by atoms with Crippen LogP contribution in [-0.2, 0) is 0 Å². The van der Waals surface area contributed by atoms with Gasteiger partial charge in [0.2, 0.25) is 0 Å². The molecule has 0 rings (SSSR count). The third-order valence-corrected chi connectivity index (χ3v) is 0. The monoisotopic (exact) mass is 166 g/mol. The first kappa shape index (κ1) is 6.27. The maximum absolute atomic E-state index is 10.3. The Labute approximate surface area is 34.1 Å². The van der Waals surface area contributed by atoms with Crippen LogP contribution in [0.3, 0.4) is 0 Å². The Morgan fingerprint density at radius 2 is 1.00 bits per heavy atom. The summed E-state index contributed by atoms with van der Waals surface area (Å²) in [6.45, 7) is 0. The van der Waals surface area contributed by atoms with Crippen LogP contribution >= 0.6 is 0 Å². The molecule has 2 nitrogen and oxygen atoms in total. The van der Waals surface area contributed by atoms with Crippen LogP contribution in [0.2, 0.25) is 0 Å². The van der Waals surface area contributed by atoms with E-state index in [2.05, 4.69) is 0 Å². The summed E-state index contributed by atoms with van der Waals surface area (Å²) in [5.41, 5.74) is 0. The Hall–Kier alpha value is 0.268. The molecule has 6 heavy (non-hydrogen) atoms. The van der Waals surface area contributed by atoms with Crippen molar-refractivity contribution < 1.29 is 18.6 Å². The van der Waals surface area contributed by atoms with Crippen molar-refractivity contribution in [3.8, 4) is 0 Å². The van der Waals surface area contributed by atoms with E-state index in [0.29, 0.717) is 0 Å². The summed E-state index contributed by atoms with van der Waals surface area (Å²) in [5.74, 6) is 0. The molecule has 0 unspecified atom stereocenters. The van der Waals surface area contributed by atoms with Crippen LogP contribution in [0.1, 0.15) is 0 Å². The van der Waals surface area contributed by atoms with Crippen molar-refractivity contribution in [2.45, 2.75) is 0 Å². The summed E-state index contributed by atoms with van der Waals surface area (Å²) < 4.78 is 44.4. The predicted octanol–water partition coefficient (Wildman–Crippen LogP) is -0.234. The summed E-state index contributed by atoms with van der Waals surface area (Å²) in [4.78, 5) is 0. The predicted molar refractivity (Wildman–Crippen MR) is 13.5 cm³/mol. The van der Waals surface area contributed by atoms with Gasteiger partial charge < -0.3 is 0 Å². The van der Waals surface area contributed by atoms with Gasteiger partial charge in [0.25, 0.3) is 0 Å². The second kappa shape index (κ2) is 0.910. The summed E-state index contributed by atoms with van der Waals surface area (Å²) in [6.07, 6.45) is 0. The quantitative estimate of drug-likeness (QED) is 0.487. The summed E-state index contributed by atoms with van der Waals surface area (Å²) in [5, 5.41) is 0. The van der Waals surface area contributed by atoms with Gasteiger partial charge in [0.1, 0.15) is 0 Å². The molecule has 0 spiro atoms. The van der Waals surface area contributed by atoms with Crippen molar-refractivity contribution in [1.82, 2.24) is 0 Å². The first-order valence-electron chi connectivity index (χ1n) is 0.907. The minimum atomic E-state index is -7.99. The molecular formula is H2AsF3O2. The fraction of sp³-hybridized carbons (Fsp3) is 0. The normalized spacial score (nSPS) is 19.2. The Balaban J connectivity index is 3.73. The van der Waals surface area contributed by atoms with E-state index in [-0.39, 0.29) is 0 Å². The number of rotatable bonds is 0. The molecule has 0 saturated carbocycles. The molecule has 0 aliphatic carbocycles. The van der Waals surface area contributed by atoms with Gasteiger partial charge in [0.15, 0.2) is 0 Å². The van der Waals surface area contributed by atoms with Gasteiger partial charge >= 0.3 is 33.1 Å². The first-order valence-corrected chi connectivity index (χ1v) is 4.71. The van der Waals surface area contributed by atoms with Crippen LogP contribution in [-0.4, -0.2) is 22.7 Å². The molecule has 0 aliphatic rings. The Morgan fingerprint density at radius 1 is 1.00 bits per heavy atom. The van der Waals surface area contributed by atoms with Crippen LogP contribution in [0, 0.1) is 0 Å². The van der Waals surface area contributed by atoms with E-state index in [4.69, 9.17) is 8.19 Å². The van der Waals surface area contributed by atoms with Gasteiger partial charge in [-0.1, -0.05) is 0 Å². The van der Waals surface area contributed by atoms with E-state index in [0.717, 1.165) is 0 Å². The number of halogens is 3. The molecule has 0 radical (unpaired) electrons. The molecule has 0 atom stereocenters. The average Bonchev–Trinajstić information content (AvgIpc) is 0.650. The topological polar surface area (TPSA) is 40.5 Å². The van der Waals surface area contributed by atoms with E-state index in [1.807, 2.05) is 0 Å². The van der Waals surface area contributed by atoms with Crippen LogP contribution in [0.4, 0.5) is 10.4 Å². The van der Waals surface area contributed by atoms with Crippen LogP contribution in [0.25, 0.3) is 0 Å². The van der Waals surface area contributed by atoms with Gasteiger partial charge in [-0.25, -0.2) is 0 Å². The third-order valence-electron chi connectivity index (χ3n) is 0. The first-order chi connectivity index (χ1) is 2.24. The molecule has 0 bridgehead atoms. The van der Waals surface area contributed by atoms with Gasteiger partial charge in [-0.3, -0.25) is 0 Å². The molecule has 2 N–H and O–H groups in total. The van der Waals surface area contributed by atoms with Gasteiger partial charge in [-0.2, -0.15) is 0 Å². The molecule has 6 heteroatoms. The number of hydrogen-bond acceptors (Lipinski definition) is 2. The molecular weight excluding hydrogens is 164 g/mol. The van der Waals surface area contributed by atoms with Crippen molar-refractivity contribution in [2.75, 3.05) is 0 Å². The Morgan fingerprint density at radius 3 is 1.00 bits per heavy atom. The zero-order valence-electron chi connectivity index (χ0n) is 2.48. The van der Waals surface area contributed by atoms with E-state index in [1.165, 1.54) is 0 Å². The fourth-order valence-corrected chi connectivity index (χ4v) is 0. The molecule has 0 saturated heterocycles. The van der Waals surface area contributed by atoms with Crippen molar-refractivity contribution in [2.24, 2.45) is 0 Å². The molecule has 0 heterocycles. The summed E-state index contributed by atoms with van der Waals surface area (Å²) in [6, 6.07) is 0. The number of hydrogen-bond donors (Lipinski definition) is 2. The second-order valence-corrected chi connectivity index (χ2v) is 3.82. The van der Waals surface area contributed by atoms with Crippen molar-refractivity contribution in [3.63, 3.8) is 0 Å². The molecule has 0 aliphatic heterocycles. The van der Waals surface area contributed by atoms with Gasteiger partial charge in [0.05, 0.1) is 0 Å². The maximum atomic E-state index is 10.3. The van der Waals surface area contributed by atoms with Crippen molar-refractivity contribution >= 4 is 14.5 Å². The average molecular weight is 166 g/mol. The SMILES string of the molecule is O[As](O)(F)(F)F. The van der Waals surface area contributed by atoms with Crippen molar-refractivity contribution in [1.29, 1.82) is 0 Å². The van der Waals surface area contributed by atoms with Crippen LogP contribution in [0.15, 0.2) is 0 Å². The molecule has 0 aromatic carbocycles. The Bertz CT molecular complexity index is 42.0. The van der Waals surface area contributed by atoms with Crippen molar-refractivity contribution in [3.05, 3.63) is 0 Å². The summed E-state index contributed by atoms with van der Waals surface area (Å²) in [7, 11) is 0. The second-order valence-electron chi connectivity index (χ2n) is 0.735. The van der Waals surface area contributed by atoms with E-state index in [9.17, 15) is 10.4 Å². The van der Waals surface area contributed by atoms with E-state index in [1.54, 1.807) is 0 Å². The van der Waals surface area contributed by atoms with E-state index >= 15 is 0 Å². The molecule has 0 aromatic rings. The minimum absolute atomic E-state index is 6.72. The molecule has 0 aromatic heterocycles. The zero-order chi connectivity index (χ0) is 5.45. The van der Waals surface area contributed by atoms with Gasteiger partial charge in [0, 0.05) is 0 Å². The fourth-order valence-electron chi connectivity index (χ4n) is 0. The van der Waals surface area contributed by atoms with Gasteiger partial charge in [-0.15, -0.1) is 0 Å². The van der Waals surface area contributed by atoms with E-state index < -0.39 is 14.5 Å². The standard InChI is InChI=1S/AsF3H2O2/c2-1(3,4,5)6/h5-6H. The zero-order valence-corrected chi connectivity index (χ0v) is 4.35. The molecule has 0 fully saturated rings. The summed E-state index contributed by atoms with van der Waals surface area (Å²) >= 11 is -7.99. The molecule has 40 valence electrons. The molecule has 0 amide bonds.